The van der Waals surface area contributed by atoms with E-state index in [0.717, 1.165) is 0 Å². The van der Waals surface area contributed by atoms with Gasteiger partial charge in [0.25, 0.3) is 0 Å². The molecule has 2 N–H and O–H groups in total. The highest BCUT2D eigenvalue weighted by Crippen LogP contribution is 2.17. The fourth-order valence-corrected chi connectivity index (χ4v) is 0.757. The van der Waals surface area contributed by atoms with Gasteiger partial charge in [0.1, 0.15) is 0 Å². The number of hydrogen-bond acceptors (Lipinski definition) is 2. The Morgan fingerprint density at radius 2 is 2.07 bits per heavy atom. The van der Waals surface area contributed by atoms with Crippen molar-refractivity contribution in [2.24, 2.45) is 5.41 Å². The normalized spacial score (nSPS) is 13.1. The molecule has 1 unspecified atom stereocenters. The van der Waals surface area contributed by atoms with Crippen LogP contribution in [0.1, 0.15) is 27.7 Å². The van der Waals surface area contributed by atoms with Gasteiger partial charge in [0.2, 0.25) is 5.91 Å². The van der Waals surface area contributed by atoms with Gasteiger partial charge in [-0.15, -0.1) is 6.42 Å². The van der Waals surface area contributed by atoms with E-state index in [9.17, 15) is 4.79 Å². The SMILES string of the molecule is C#CCNCC(=O)NC(C)C(C)(C)C. The number of terminal acetylenes is 1. The van der Waals surface area contributed by atoms with E-state index in [-0.39, 0.29) is 23.9 Å². The lowest BCUT2D eigenvalue weighted by molar-refractivity contribution is -0.121. The molecule has 0 aromatic carbocycles. The summed E-state index contributed by atoms with van der Waals surface area (Å²) in [4.78, 5) is 11.3. The second-order valence-corrected chi connectivity index (χ2v) is 4.46. The van der Waals surface area contributed by atoms with Crippen LogP contribution < -0.4 is 10.6 Å². The summed E-state index contributed by atoms with van der Waals surface area (Å²) in [5.41, 5.74) is 0.0851. The highest BCUT2D eigenvalue weighted by molar-refractivity contribution is 5.78. The third-order valence-corrected chi connectivity index (χ3v) is 2.19. The molecule has 80 valence electrons. The summed E-state index contributed by atoms with van der Waals surface area (Å²) < 4.78 is 0. The van der Waals surface area contributed by atoms with Gasteiger partial charge in [0.05, 0.1) is 13.1 Å². The van der Waals surface area contributed by atoms with Gasteiger partial charge in [-0.25, -0.2) is 0 Å². The Labute approximate surface area is 86.6 Å². The Hall–Kier alpha value is -1.01. The van der Waals surface area contributed by atoms with Crippen LogP contribution in [0.25, 0.3) is 0 Å². The van der Waals surface area contributed by atoms with E-state index in [1.165, 1.54) is 0 Å². The zero-order chi connectivity index (χ0) is 11.2. The first kappa shape index (κ1) is 13.0. The van der Waals surface area contributed by atoms with Gasteiger partial charge in [0, 0.05) is 6.04 Å². The molecule has 0 aromatic rings. The Morgan fingerprint density at radius 3 is 2.50 bits per heavy atom. The summed E-state index contributed by atoms with van der Waals surface area (Å²) in [7, 11) is 0. The van der Waals surface area contributed by atoms with Gasteiger partial charge >= 0.3 is 0 Å². The van der Waals surface area contributed by atoms with E-state index >= 15 is 0 Å². The van der Waals surface area contributed by atoms with Crippen molar-refractivity contribution in [1.29, 1.82) is 0 Å². The van der Waals surface area contributed by atoms with Crippen LogP contribution in [-0.2, 0) is 4.79 Å². The summed E-state index contributed by atoms with van der Waals surface area (Å²) in [5.74, 6) is 2.40. The molecule has 0 aliphatic carbocycles. The molecule has 1 atom stereocenters. The van der Waals surface area contributed by atoms with E-state index in [2.05, 4.69) is 37.3 Å². The molecule has 0 fully saturated rings. The Kier molecular flexibility index (Phi) is 5.26. The zero-order valence-corrected chi connectivity index (χ0v) is 9.48. The van der Waals surface area contributed by atoms with Gasteiger partial charge in [-0.1, -0.05) is 26.7 Å². The maximum absolute atomic E-state index is 11.3. The van der Waals surface area contributed by atoms with E-state index in [1.807, 2.05) is 6.92 Å². The maximum Gasteiger partial charge on any atom is 0.234 e. The van der Waals surface area contributed by atoms with Crippen molar-refractivity contribution in [3.8, 4) is 12.3 Å². The molecule has 3 heteroatoms. The van der Waals surface area contributed by atoms with Gasteiger partial charge in [0.15, 0.2) is 0 Å². The number of hydrogen-bond donors (Lipinski definition) is 2. The first-order valence-electron chi connectivity index (χ1n) is 4.81. The van der Waals surface area contributed by atoms with E-state index < -0.39 is 0 Å². The molecule has 0 saturated heterocycles. The summed E-state index contributed by atoms with van der Waals surface area (Å²) in [6, 6.07) is 0.155. The molecule has 1 amide bonds. The van der Waals surface area contributed by atoms with Crippen molar-refractivity contribution in [1.82, 2.24) is 10.6 Å². The number of carbonyl (C=O) groups is 1. The minimum Gasteiger partial charge on any atom is -0.352 e. The van der Waals surface area contributed by atoms with E-state index in [0.29, 0.717) is 6.54 Å². The lowest BCUT2D eigenvalue weighted by Gasteiger charge is -2.28. The molecule has 0 bridgehead atoms. The Balaban J connectivity index is 3.79. The molecule has 0 radical (unpaired) electrons. The van der Waals surface area contributed by atoms with Crippen LogP contribution in [0.3, 0.4) is 0 Å². The lowest BCUT2D eigenvalue weighted by Crippen LogP contribution is -2.45. The van der Waals surface area contributed by atoms with Crippen molar-refractivity contribution < 1.29 is 4.79 Å². The molecule has 0 spiro atoms. The van der Waals surface area contributed by atoms with Gasteiger partial charge < -0.3 is 5.32 Å². The summed E-state index contributed by atoms with van der Waals surface area (Å²) >= 11 is 0. The highest BCUT2D eigenvalue weighted by atomic mass is 16.1. The lowest BCUT2D eigenvalue weighted by atomic mass is 9.88. The molecule has 0 rings (SSSR count). The number of carbonyl (C=O) groups excluding carboxylic acids is 1. The minimum absolute atomic E-state index is 0.0114. The van der Waals surface area contributed by atoms with Crippen molar-refractivity contribution in [3.63, 3.8) is 0 Å². The maximum atomic E-state index is 11.3. The standard InChI is InChI=1S/C11H20N2O/c1-6-7-12-8-10(14)13-9(2)11(3,4)5/h1,9,12H,7-8H2,2-5H3,(H,13,14). The molecule has 3 nitrogen and oxygen atoms in total. The smallest absolute Gasteiger partial charge is 0.234 e. The van der Waals surface area contributed by atoms with Crippen molar-refractivity contribution >= 4 is 5.91 Å². The zero-order valence-electron chi connectivity index (χ0n) is 9.48. The van der Waals surface area contributed by atoms with E-state index in [4.69, 9.17) is 6.42 Å². The molecule has 0 heterocycles. The van der Waals surface area contributed by atoms with Crippen molar-refractivity contribution in [3.05, 3.63) is 0 Å². The van der Waals surface area contributed by atoms with Gasteiger partial charge in [-0.3, -0.25) is 10.1 Å². The van der Waals surface area contributed by atoms with Crippen LogP contribution >= 0.6 is 0 Å². The number of nitrogens with one attached hydrogen (secondary N) is 2. The first-order chi connectivity index (χ1) is 6.38. The predicted octanol–water partition coefficient (Wildman–Crippen LogP) is 0.760. The van der Waals surface area contributed by atoms with Crippen LogP contribution in [0.4, 0.5) is 0 Å². The van der Waals surface area contributed by atoms with Crippen LogP contribution in [0.2, 0.25) is 0 Å². The number of amides is 1. The highest BCUT2D eigenvalue weighted by Gasteiger charge is 2.21. The third-order valence-electron chi connectivity index (χ3n) is 2.19. The second-order valence-electron chi connectivity index (χ2n) is 4.46. The van der Waals surface area contributed by atoms with Crippen molar-refractivity contribution in [2.75, 3.05) is 13.1 Å². The van der Waals surface area contributed by atoms with Crippen LogP contribution in [0, 0.1) is 17.8 Å². The molecule has 0 aliphatic rings. The molecular weight excluding hydrogens is 176 g/mol. The molecule has 0 aromatic heterocycles. The topological polar surface area (TPSA) is 41.1 Å². The largest absolute Gasteiger partial charge is 0.352 e. The molecule has 0 saturated carbocycles. The summed E-state index contributed by atoms with van der Waals surface area (Å²) in [6.45, 7) is 8.98. The molecule has 14 heavy (non-hydrogen) atoms. The summed E-state index contributed by atoms with van der Waals surface area (Å²) in [6.07, 6.45) is 5.04. The average Bonchev–Trinajstić information content (AvgIpc) is 2.03. The monoisotopic (exact) mass is 196 g/mol. The predicted molar refractivity (Wildman–Crippen MR) is 58.8 cm³/mol. The van der Waals surface area contributed by atoms with Crippen LogP contribution in [0.15, 0.2) is 0 Å². The third kappa shape index (κ3) is 5.60. The van der Waals surface area contributed by atoms with E-state index in [1.54, 1.807) is 0 Å². The fraction of sp³-hybridized carbons (Fsp3) is 0.727. The summed E-state index contributed by atoms with van der Waals surface area (Å²) in [5, 5.41) is 5.75. The quantitative estimate of drug-likeness (QED) is 0.515. The first-order valence-corrected chi connectivity index (χ1v) is 4.81. The van der Waals surface area contributed by atoms with Crippen LogP contribution in [0.5, 0.6) is 0 Å². The average molecular weight is 196 g/mol. The number of rotatable bonds is 4. The Morgan fingerprint density at radius 1 is 1.50 bits per heavy atom. The van der Waals surface area contributed by atoms with Gasteiger partial charge in [-0.05, 0) is 12.3 Å². The molecule has 0 aliphatic heterocycles. The van der Waals surface area contributed by atoms with Crippen LogP contribution in [-0.4, -0.2) is 25.0 Å². The fourth-order valence-electron chi connectivity index (χ4n) is 0.757. The van der Waals surface area contributed by atoms with Gasteiger partial charge in [-0.2, -0.15) is 0 Å². The Bertz CT molecular complexity index is 222. The minimum atomic E-state index is -0.0114. The van der Waals surface area contributed by atoms with Crippen molar-refractivity contribution in [2.45, 2.75) is 33.7 Å². The molecular formula is C11H20N2O. The second kappa shape index (κ2) is 5.66.